The second-order valence-corrected chi connectivity index (χ2v) is 8.36. The van der Waals surface area contributed by atoms with Gasteiger partial charge in [0, 0.05) is 16.3 Å². The van der Waals surface area contributed by atoms with E-state index in [4.69, 9.17) is 16.3 Å². The van der Waals surface area contributed by atoms with Crippen LogP contribution in [0.4, 0.5) is 5.69 Å². The summed E-state index contributed by atoms with van der Waals surface area (Å²) in [7, 11) is 0. The molecule has 7 nitrogen and oxygen atoms in total. The molecule has 30 heavy (non-hydrogen) atoms. The van der Waals surface area contributed by atoms with Crippen LogP contribution in [0.5, 0.6) is 5.75 Å². The zero-order valence-electron chi connectivity index (χ0n) is 16.7. The van der Waals surface area contributed by atoms with Crippen molar-refractivity contribution in [2.24, 2.45) is 0 Å². The van der Waals surface area contributed by atoms with Crippen molar-refractivity contribution in [1.29, 1.82) is 0 Å². The number of nitrogens with zero attached hydrogens (tertiary/aromatic N) is 2. The van der Waals surface area contributed by atoms with Crippen LogP contribution in [0.25, 0.3) is 0 Å². The smallest absolute Gasteiger partial charge is 0.237 e. The number of Topliss-reactive ketones (excluding diaryl/α,β-unsaturated/α-hetero) is 1. The lowest BCUT2D eigenvalue weighted by molar-refractivity contribution is -0.115. The third-order valence-corrected chi connectivity index (χ3v) is 5.61. The van der Waals surface area contributed by atoms with Crippen LogP contribution >= 0.6 is 23.4 Å². The number of rotatable bonds is 8. The van der Waals surface area contributed by atoms with Crippen molar-refractivity contribution in [2.75, 3.05) is 5.32 Å². The second kappa shape index (κ2) is 9.77. The van der Waals surface area contributed by atoms with Crippen LogP contribution in [-0.2, 0) is 11.4 Å². The predicted octanol–water partition coefficient (Wildman–Crippen LogP) is 4.67. The number of aromatic nitrogens is 3. The molecular formula is C21H21ClN4O3S. The highest BCUT2D eigenvalue weighted by atomic mass is 35.5. The summed E-state index contributed by atoms with van der Waals surface area (Å²) in [6.45, 7) is 5.39. The lowest BCUT2D eigenvalue weighted by Gasteiger charge is -2.10. The first kappa shape index (κ1) is 21.9. The SMILES string of the molecule is CC(=O)c1ccc(NC(=O)C(C)Sc2n[nH]c(COc3ccc(Cl)c(C)c3)n2)cc1. The van der Waals surface area contributed by atoms with E-state index in [-0.39, 0.29) is 18.3 Å². The van der Waals surface area contributed by atoms with Gasteiger partial charge in [-0.1, -0.05) is 23.4 Å². The maximum absolute atomic E-state index is 12.4. The number of anilines is 1. The normalized spacial score (nSPS) is 11.7. The number of ketones is 1. The number of halogens is 1. The molecule has 156 valence electrons. The zero-order valence-corrected chi connectivity index (χ0v) is 18.3. The molecule has 0 aliphatic heterocycles. The third-order valence-electron chi connectivity index (χ3n) is 4.23. The molecular weight excluding hydrogens is 424 g/mol. The van der Waals surface area contributed by atoms with E-state index >= 15 is 0 Å². The minimum absolute atomic E-state index is 0.0209. The molecule has 2 N–H and O–H groups in total. The van der Waals surface area contributed by atoms with E-state index in [0.717, 1.165) is 5.56 Å². The van der Waals surface area contributed by atoms with Crippen molar-refractivity contribution in [3.63, 3.8) is 0 Å². The van der Waals surface area contributed by atoms with E-state index in [1.54, 1.807) is 43.3 Å². The fourth-order valence-electron chi connectivity index (χ4n) is 2.50. The van der Waals surface area contributed by atoms with Crippen LogP contribution < -0.4 is 10.1 Å². The molecule has 0 aliphatic carbocycles. The van der Waals surface area contributed by atoms with Crippen molar-refractivity contribution >= 4 is 40.7 Å². The summed E-state index contributed by atoms with van der Waals surface area (Å²) < 4.78 is 5.69. The van der Waals surface area contributed by atoms with Gasteiger partial charge in [0.1, 0.15) is 12.4 Å². The Labute approximate surface area is 183 Å². The van der Waals surface area contributed by atoms with Crippen molar-refractivity contribution < 1.29 is 14.3 Å². The predicted molar refractivity (Wildman–Crippen MR) is 117 cm³/mol. The van der Waals surface area contributed by atoms with E-state index in [1.807, 2.05) is 13.0 Å². The van der Waals surface area contributed by atoms with Gasteiger partial charge in [0.25, 0.3) is 0 Å². The average molecular weight is 445 g/mol. The van der Waals surface area contributed by atoms with E-state index in [9.17, 15) is 9.59 Å². The molecule has 2 aromatic carbocycles. The molecule has 0 saturated heterocycles. The van der Waals surface area contributed by atoms with Crippen LogP contribution in [0.2, 0.25) is 5.02 Å². The van der Waals surface area contributed by atoms with Crippen LogP contribution in [0.3, 0.4) is 0 Å². The summed E-state index contributed by atoms with van der Waals surface area (Å²) in [6.07, 6.45) is 0. The fourth-order valence-corrected chi connectivity index (χ4v) is 3.36. The molecule has 1 heterocycles. The number of aryl methyl sites for hydroxylation is 1. The summed E-state index contributed by atoms with van der Waals surface area (Å²) in [5, 5.41) is 10.5. The largest absolute Gasteiger partial charge is 0.486 e. The molecule has 1 aromatic heterocycles. The van der Waals surface area contributed by atoms with Gasteiger partial charge in [-0.05, 0) is 68.8 Å². The first-order chi connectivity index (χ1) is 14.3. The monoisotopic (exact) mass is 444 g/mol. The zero-order chi connectivity index (χ0) is 21.7. The number of carbonyl (C=O) groups is 2. The number of hydrogen-bond acceptors (Lipinski definition) is 6. The first-order valence-corrected chi connectivity index (χ1v) is 10.5. The van der Waals surface area contributed by atoms with Gasteiger partial charge >= 0.3 is 0 Å². The summed E-state index contributed by atoms with van der Waals surface area (Å²) >= 11 is 7.25. The summed E-state index contributed by atoms with van der Waals surface area (Å²) in [5.41, 5.74) is 2.15. The van der Waals surface area contributed by atoms with Crippen LogP contribution in [0, 0.1) is 6.92 Å². The number of H-pyrrole nitrogens is 1. The standard InChI is InChI=1S/C21H21ClN4O3S/c1-12-10-17(8-9-18(12)22)29-11-19-24-21(26-25-19)30-14(3)20(28)23-16-6-4-15(5-7-16)13(2)27/h4-10,14H,11H2,1-3H3,(H,23,28)(H,24,25,26). The third kappa shape index (κ3) is 5.84. The second-order valence-electron chi connectivity index (χ2n) is 6.65. The Hall–Kier alpha value is -2.84. The highest BCUT2D eigenvalue weighted by Gasteiger charge is 2.17. The molecule has 0 saturated carbocycles. The van der Waals surface area contributed by atoms with Gasteiger partial charge in [0.05, 0.1) is 5.25 Å². The van der Waals surface area contributed by atoms with E-state index < -0.39 is 5.25 Å². The Balaban J connectivity index is 1.52. The number of nitrogens with one attached hydrogen (secondary N) is 2. The van der Waals surface area contributed by atoms with Crippen molar-refractivity contribution in [2.45, 2.75) is 37.8 Å². The number of carbonyl (C=O) groups excluding carboxylic acids is 2. The molecule has 3 aromatic rings. The summed E-state index contributed by atoms with van der Waals surface area (Å²) in [4.78, 5) is 28.1. The Bertz CT molecular complexity index is 1050. The summed E-state index contributed by atoms with van der Waals surface area (Å²) in [6, 6.07) is 12.2. The first-order valence-electron chi connectivity index (χ1n) is 9.20. The molecule has 0 bridgehead atoms. The lowest BCUT2D eigenvalue weighted by Crippen LogP contribution is -2.22. The van der Waals surface area contributed by atoms with Gasteiger partial charge in [-0.15, -0.1) is 5.10 Å². The van der Waals surface area contributed by atoms with E-state index in [2.05, 4.69) is 20.5 Å². The van der Waals surface area contributed by atoms with Crippen LogP contribution in [0.15, 0.2) is 47.6 Å². The highest BCUT2D eigenvalue weighted by Crippen LogP contribution is 2.23. The Morgan fingerprint density at radius 3 is 2.63 bits per heavy atom. The van der Waals surface area contributed by atoms with E-state index in [1.165, 1.54) is 18.7 Å². The Morgan fingerprint density at radius 1 is 1.23 bits per heavy atom. The minimum Gasteiger partial charge on any atom is -0.486 e. The van der Waals surface area contributed by atoms with Gasteiger partial charge in [-0.2, -0.15) is 0 Å². The number of amides is 1. The Kier molecular flexibility index (Phi) is 7.12. The van der Waals surface area contributed by atoms with Gasteiger partial charge in [-0.3, -0.25) is 14.7 Å². The Morgan fingerprint density at radius 2 is 1.97 bits per heavy atom. The van der Waals surface area contributed by atoms with Crippen LogP contribution in [-0.4, -0.2) is 32.1 Å². The van der Waals surface area contributed by atoms with Crippen molar-refractivity contribution in [1.82, 2.24) is 15.2 Å². The maximum Gasteiger partial charge on any atom is 0.237 e. The van der Waals surface area contributed by atoms with Gasteiger partial charge in [-0.25, -0.2) is 4.98 Å². The molecule has 0 aliphatic rings. The van der Waals surface area contributed by atoms with Gasteiger partial charge in [0.15, 0.2) is 11.6 Å². The van der Waals surface area contributed by atoms with Gasteiger partial charge < -0.3 is 10.1 Å². The lowest BCUT2D eigenvalue weighted by atomic mass is 10.1. The maximum atomic E-state index is 12.4. The topological polar surface area (TPSA) is 97.0 Å². The molecule has 1 atom stereocenters. The molecule has 0 fully saturated rings. The quantitative estimate of drug-likeness (QED) is 0.387. The molecule has 1 amide bonds. The van der Waals surface area contributed by atoms with E-state index in [0.29, 0.717) is 33.0 Å². The minimum atomic E-state index is -0.416. The number of hydrogen-bond donors (Lipinski definition) is 2. The van der Waals surface area contributed by atoms with Crippen molar-refractivity contribution in [3.05, 3.63) is 64.4 Å². The number of ether oxygens (including phenoxy) is 1. The number of benzene rings is 2. The fraction of sp³-hybridized carbons (Fsp3) is 0.238. The number of aromatic amines is 1. The molecule has 0 spiro atoms. The molecule has 9 heteroatoms. The van der Waals surface area contributed by atoms with Crippen LogP contribution in [0.1, 0.15) is 35.6 Å². The summed E-state index contributed by atoms with van der Waals surface area (Å²) in [5.74, 6) is 1.03. The highest BCUT2D eigenvalue weighted by molar-refractivity contribution is 8.00. The average Bonchev–Trinajstić information content (AvgIpc) is 3.16. The molecule has 3 rings (SSSR count). The van der Waals surface area contributed by atoms with Crippen molar-refractivity contribution in [3.8, 4) is 5.75 Å². The molecule has 0 radical (unpaired) electrons. The van der Waals surface area contributed by atoms with Gasteiger partial charge in [0.2, 0.25) is 11.1 Å². The molecule has 1 unspecified atom stereocenters. The number of thioether (sulfide) groups is 1.